The van der Waals surface area contributed by atoms with Crippen LogP contribution in [0.25, 0.3) is 16.0 Å². The van der Waals surface area contributed by atoms with Gasteiger partial charge in [-0.15, -0.1) is 0 Å². The minimum atomic E-state index is 0. The molecule has 0 heterocycles. The van der Waals surface area contributed by atoms with Gasteiger partial charge in [-0.2, -0.15) is 40.8 Å². The minimum Gasteiger partial charge on any atom is -0.665 e. The van der Waals surface area contributed by atoms with Gasteiger partial charge in [0.1, 0.15) is 0 Å². The Morgan fingerprint density at radius 1 is 0.643 bits per heavy atom. The van der Waals surface area contributed by atoms with Gasteiger partial charge >= 0.3 is 25.8 Å². The summed E-state index contributed by atoms with van der Waals surface area (Å²) in [6.45, 7) is 8.88. The maximum absolute atomic E-state index is 3.74. The van der Waals surface area contributed by atoms with Crippen molar-refractivity contribution in [3.63, 3.8) is 0 Å². The first-order chi connectivity index (χ1) is 5.74. The summed E-state index contributed by atoms with van der Waals surface area (Å²) in [6, 6.07) is 0. The molecule has 4 heteroatoms. The van der Waals surface area contributed by atoms with Gasteiger partial charge in [0.05, 0.1) is 0 Å². The van der Waals surface area contributed by atoms with E-state index in [2.05, 4.69) is 16.0 Å². The van der Waals surface area contributed by atoms with Gasteiger partial charge in [0.15, 0.2) is 0 Å². The Morgan fingerprint density at radius 2 is 0.714 bits per heavy atom. The molecule has 0 bridgehead atoms. The first kappa shape index (κ1) is 29.3. The van der Waals surface area contributed by atoms with Crippen molar-refractivity contribution in [2.24, 2.45) is 0 Å². The van der Waals surface area contributed by atoms with Crippen LogP contribution in [-0.4, -0.2) is 40.8 Å². The Bertz CT molecular complexity index is 30.8. The molecule has 14 heavy (non-hydrogen) atoms. The summed E-state index contributed by atoms with van der Waals surface area (Å²) in [5, 5.41) is 11.2. The molecule has 86 valence electrons. The van der Waals surface area contributed by atoms with E-state index in [4.69, 9.17) is 0 Å². The fraction of sp³-hybridized carbons (Fsp3) is 0.900. The molecular formula is C10H27HfN3. The van der Waals surface area contributed by atoms with Crippen LogP contribution in [0.4, 0.5) is 0 Å². The molecule has 0 N–H and O–H groups in total. The smallest absolute Gasteiger partial charge is 0.665 e. The standard InChI is InChI=1S/3C3H8N.CH3.Hf/c3*1-3-4-2;;/h3*3H2,1-2H3;1H3;/q4*-1;+4. The van der Waals surface area contributed by atoms with Crippen LogP contribution in [0.1, 0.15) is 20.8 Å². The van der Waals surface area contributed by atoms with E-state index in [0.717, 1.165) is 19.6 Å². The third kappa shape index (κ3) is 125. The van der Waals surface area contributed by atoms with Gasteiger partial charge in [-0.25, -0.2) is 0 Å². The molecular weight excluding hydrogens is 341 g/mol. The van der Waals surface area contributed by atoms with Crippen molar-refractivity contribution in [2.45, 2.75) is 20.8 Å². The molecule has 0 atom stereocenters. The Morgan fingerprint density at radius 3 is 0.714 bits per heavy atom. The van der Waals surface area contributed by atoms with Crippen LogP contribution in [0.5, 0.6) is 0 Å². The van der Waals surface area contributed by atoms with Crippen molar-refractivity contribution in [3.05, 3.63) is 23.4 Å². The van der Waals surface area contributed by atoms with E-state index in [1.807, 2.05) is 20.8 Å². The summed E-state index contributed by atoms with van der Waals surface area (Å²) in [4.78, 5) is 0. The second kappa shape index (κ2) is 49.1. The summed E-state index contributed by atoms with van der Waals surface area (Å²) in [6.07, 6.45) is 0. The zero-order valence-corrected chi connectivity index (χ0v) is 14.6. The van der Waals surface area contributed by atoms with Crippen LogP contribution in [-0.2, 0) is 25.8 Å². The number of hydrogen-bond acceptors (Lipinski definition) is 0. The van der Waals surface area contributed by atoms with E-state index >= 15 is 0 Å². The fourth-order valence-corrected chi connectivity index (χ4v) is 0. The molecule has 0 aromatic carbocycles. The second-order valence-electron chi connectivity index (χ2n) is 1.90. The first-order valence-corrected chi connectivity index (χ1v) is 4.41. The van der Waals surface area contributed by atoms with Crippen LogP contribution >= 0.6 is 0 Å². The number of rotatable bonds is 3. The Hall–Kier alpha value is 0.750. The maximum atomic E-state index is 3.74. The van der Waals surface area contributed by atoms with Crippen LogP contribution in [0, 0.1) is 7.43 Å². The van der Waals surface area contributed by atoms with Gasteiger partial charge in [-0.3, -0.25) is 0 Å². The van der Waals surface area contributed by atoms with E-state index in [-0.39, 0.29) is 33.3 Å². The van der Waals surface area contributed by atoms with Crippen molar-refractivity contribution in [1.29, 1.82) is 0 Å². The molecule has 3 nitrogen and oxygen atoms in total. The summed E-state index contributed by atoms with van der Waals surface area (Å²) in [5.41, 5.74) is 0. The molecule has 0 aliphatic heterocycles. The molecule has 0 spiro atoms. The van der Waals surface area contributed by atoms with Crippen molar-refractivity contribution < 1.29 is 25.8 Å². The Balaban J connectivity index is -0.0000000270. The SMILES string of the molecule is CC[N-]C.CC[N-]C.CC[N-]C.[CH3-].[Hf+4]. The van der Waals surface area contributed by atoms with Gasteiger partial charge in [0.2, 0.25) is 0 Å². The minimum absolute atomic E-state index is 0. The molecule has 0 aliphatic rings. The molecule has 0 saturated carbocycles. The first-order valence-electron chi connectivity index (χ1n) is 4.41. The van der Waals surface area contributed by atoms with Gasteiger partial charge in [-0.1, -0.05) is 20.8 Å². The van der Waals surface area contributed by atoms with Crippen molar-refractivity contribution >= 4 is 0 Å². The third-order valence-corrected chi connectivity index (χ3v) is 0.949. The summed E-state index contributed by atoms with van der Waals surface area (Å²) >= 11 is 0. The van der Waals surface area contributed by atoms with Crippen LogP contribution in [0.3, 0.4) is 0 Å². The molecule has 0 fully saturated rings. The Kier molecular flexibility index (Phi) is 103. The summed E-state index contributed by atoms with van der Waals surface area (Å²) < 4.78 is 0. The topological polar surface area (TPSA) is 42.3 Å². The number of hydrogen-bond donors (Lipinski definition) is 0. The molecule has 0 saturated heterocycles. The fourth-order valence-electron chi connectivity index (χ4n) is 0. The molecule has 0 rings (SSSR count). The monoisotopic (exact) mass is 369 g/mol. The number of nitrogens with zero attached hydrogens (tertiary/aromatic N) is 3. The maximum Gasteiger partial charge on any atom is 4.00 e. The zero-order valence-electron chi connectivity index (χ0n) is 11.0. The van der Waals surface area contributed by atoms with E-state index in [1.54, 1.807) is 21.1 Å². The van der Waals surface area contributed by atoms with Crippen LogP contribution < -0.4 is 0 Å². The van der Waals surface area contributed by atoms with Crippen molar-refractivity contribution in [1.82, 2.24) is 0 Å². The molecule has 0 aliphatic carbocycles. The van der Waals surface area contributed by atoms with E-state index in [0.29, 0.717) is 0 Å². The average Bonchev–Trinajstić information content (AvgIpc) is 2.18. The molecule has 0 aromatic heterocycles. The predicted octanol–water partition coefficient (Wildman–Crippen LogP) is 3.48. The summed E-state index contributed by atoms with van der Waals surface area (Å²) in [7, 11) is 5.42. The van der Waals surface area contributed by atoms with Gasteiger partial charge in [0, 0.05) is 0 Å². The zero-order chi connectivity index (χ0) is 10.2. The quantitative estimate of drug-likeness (QED) is 0.541. The van der Waals surface area contributed by atoms with E-state index in [9.17, 15) is 0 Å². The summed E-state index contributed by atoms with van der Waals surface area (Å²) in [5.74, 6) is 0. The van der Waals surface area contributed by atoms with Crippen LogP contribution in [0.2, 0.25) is 0 Å². The molecule has 0 amide bonds. The van der Waals surface area contributed by atoms with E-state index < -0.39 is 0 Å². The van der Waals surface area contributed by atoms with Gasteiger partial charge < -0.3 is 23.4 Å². The molecule has 0 unspecified atom stereocenters. The average molecular weight is 368 g/mol. The van der Waals surface area contributed by atoms with Crippen molar-refractivity contribution in [2.75, 3.05) is 40.8 Å². The largest absolute Gasteiger partial charge is 4.00 e. The van der Waals surface area contributed by atoms with Crippen LogP contribution in [0.15, 0.2) is 0 Å². The second-order valence-corrected chi connectivity index (χ2v) is 1.90. The molecule has 0 aromatic rings. The normalized spacial score (nSPS) is 6.43. The third-order valence-electron chi connectivity index (χ3n) is 0.949. The molecule has 0 radical (unpaired) electrons. The Labute approximate surface area is 111 Å². The predicted molar refractivity (Wildman–Crippen MR) is 65.9 cm³/mol. The van der Waals surface area contributed by atoms with E-state index in [1.165, 1.54) is 0 Å². The van der Waals surface area contributed by atoms with Gasteiger partial charge in [-0.05, 0) is 0 Å². The van der Waals surface area contributed by atoms with Crippen molar-refractivity contribution in [3.8, 4) is 0 Å². The van der Waals surface area contributed by atoms with Gasteiger partial charge in [0.25, 0.3) is 0 Å².